The molecule has 0 atom stereocenters. The molecule has 0 radical (unpaired) electrons. The molecule has 0 aliphatic carbocycles. The average molecular weight is 433 g/mol. The molecule has 0 aromatic carbocycles. The van der Waals surface area contributed by atoms with Crippen LogP contribution in [-0.2, 0) is 9.53 Å². The number of allylic oxidation sites excluding steroid dienone is 1. The minimum Gasteiger partial charge on any atom is -0.444 e. The lowest BCUT2D eigenvalue weighted by Crippen LogP contribution is -2.34. The topological polar surface area (TPSA) is 111 Å². The van der Waals surface area contributed by atoms with Crippen LogP contribution in [0.4, 0.5) is 10.5 Å². The zero-order valence-corrected chi connectivity index (χ0v) is 19.0. The summed E-state index contributed by atoms with van der Waals surface area (Å²) in [7, 11) is 0. The highest BCUT2D eigenvalue weighted by Gasteiger charge is 2.18. The Morgan fingerprint density at radius 2 is 2.07 bits per heavy atom. The fourth-order valence-corrected chi connectivity index (χ4v) is 3.18. The predicted octanol–water partition coefficient (Wildman–Crippen LogP) is 3.34. The Morgan fingerprint density at radius 1 is 1.37 bits per heavy atom. The van der Waals surface area contributed by atoms with Crippen LogP contribution in [0.15, 0.2) is 29.3 Å². The van der Waals surface area contributed by atoms with Crippen molar-refractivity contribution >= 4 is 35.1 Å². The molecule has 5 N–H and O–H groups in total. The number of amides is 2. The monoisotopic (exact) mass is 432 g/mol. The van der Waals surface area contributed by atoms with Crippen LogP contribution in [0.5, 0.6) is 0 Å². The average Bonchev–Trinajstić information content (AvgIpc) is 3.02. The highest BCUT2D eigenvalue weighted by atomic mass is 32.1. The van der Waals surface area contributed by atoms with Crippen molar-refractivity contribution in [3.8, 4) is 11.8 Å². The van der Waals surface area contributed by atoms with E-state index < -0.39 is 11.7 Å². The lowest BCUT2D eigenvalue weighted by Gasteiger charge is -2.21. The van der Waals surface area contributed by atoms with Gasteiger partial charge in [0.1, 0.15) is 5.60 Å². The van der Waals surface area contributed by atoms with Crippen LogP contribution in [-0.4, -0.2) is 42.1 Å². The summed E-state index contributed by atoms with van der Waals surface area (Å²) in [5.41, 5.74) is 12.7. The molecule has 1 aromatic rings. The number of nitrogens with two attached hydrogens (primary N) is 2. The smallest absolute Gasteiger partial charge is 0.408 e. The fourth-order valence-electron chi connectivity index (χ4n) is 2.41. The van der Waals surface area contributed by atoms with Crippen molar-refractivity contribution < 1.29 is 14.3 Å². The standard InChI is InChI=1S/C22H32N4O3S/c1-6-11-26(12-8-7-10-25-21(28)29-22(3,4)5)20(27)17(14-16(2)23)15-19-18(24)9-13-30-19/h9,13,15H,2,6,10-12,14,23-24H2,1,3-5H3,(H,25,28)/b17-15+. The highest BCUT2D eigenvalue weighted by Crippen LogP contribution is 2.24. The van der Waals surface area contributed by atoms with Crippen molar-refractivity contribution in [3.63, 3.8) is 0 Å². The number of hydrogen-bond acceptors (Lipinski definition) is 6. The molecule has 1 heterocycles. The summed E-state index contributed by atoms with van der Waals surface area (Å²) < 4.78 is 5.15. The minimum absolute atomic E-state index is 0.136. The maximum atomic E-state index is 13.1. The van der Waals surface area contributed by atoms with E-state index in [2.05, 4.69) is 23.7 Å². The second-order valence-corrected chi connectivity index (χ2v) is 8.63. The molecule has 164 valence electrons. The van der Waals surface area contributed by atoms with E-state index in [1.807, 2.05) is 12.3 Å². The maximum Gasteiger partial charge on any atom is 0.408 e. The summed E-state index contributed by atoms with van der Waals surface area (Å²) >= 11 is 1.46. The maximum absolute atomic E-state index is 13.1. The first-order chi connectivity index (χ1) is 14.0. The molecule has 0 aliphatic heterocycles. The highest BCUT2D eigenvalue weighted by molar-refractivity contribution is 7.11. The summed E-state index contributed by atoms with van der Waals surface area (Å²) in [6, 6.07) is 1.79. The summed E-state index contributed by atoms with van der Waals surface area (Å²) in [6.45, 7) is 12.0. The molecular formula is C22H32N4O3S. The minimum atomic E-state index is -0.566. The van der Waals surface area contributed by atoms with Gasteiger partial charge in [-0.2, -0.15) is 0 Å². The number of thiophene rings is 1. The third kappa shape index (κ3) is 9.52. The number of carbonyl (C=O) groups excluding carboxylic acids is 2. The van der Waals surface area contributed by atoms with Gasteiger partial charge in [-0.1, -0.05) is 25.3 Å². The summed E-state index contributed by atoms with van der Waals surface area (Å²) in [4.78, 5) is 27.2. The van der Waals surface area contributed by atoms with E-state index in [0.717, 1.165) is 11.3 Å². The number of nitrogens with one attached hydrogen (secondary N) is 1. The van der Waals surface area contributed by atoms with Crippen LogP contribution < -0.4 is 16.8 Å². The van der Waals surface area contributed by atoms with Crippen LogP contribution in [0.25, 0.3) is 6.08 Å². The van der Waals surface area contributed by atoms with Crippen molar-refractivity contribution in [3.05, 3.63) is 34.2 Å². The summed E-state index contributed by atoms with van der Waals surface area (Å²) in [5.74, 6) is 5.61. The van der Waals surface area contributed by atoms with Gasteiger partial charge < -0.3 is 26.4 Å². The zero-order chi connectivity index (χ0) is 22.7. The molecule has 0 bridgehead atoms. The van der Waals surface area contributed by atoms with Crippen molar-refractivity contribution in [2.45, 2.75) is 46.1 Å². The number of carbonyl (C=O) groups is 2. The van der Waals surface area contributed by atoms with Crippen LogP contribution in [0.1, 0.15) is 45.4 Å². The molecule has 1 rings (SSSR count). The molecule has 0 unspecified atom stereocenters. The molecule has 2 amide bonds. The Labute approximate surface area is 183 Å². The summed E-state index contributed by atoms with van der Waals surface area (Å²) in [6.07, 6.45) is 2.27. The van der Waals surface area contributed by atoms with Crippen molar-refractivity contribution in [1.82, 2.24) is 10.2 Å². The Hall–Kier alpha value is -2.92. The Morgan fingerprint density at radius 3 is 2.60 bits per heavy atom. The van der Waals surface area contributed by atoms with Gasteiger partial charge in [0.05, 0.1) is 18.0 Å². The molecule has 30 heavy (non-hydrogen) atoms. The van der Waals surface area contributed by atoms with E-state index in [-0.39, 0.29) is 25.4 Å². The molecular weight excluding hydrogens is 400 g/mol. The second-order valence-electron chi connectivity index (χ2n) is 7.68. The van der Waals surface area contributed by atoms with E-state index in [4.69, 9.17) is 16.2 Å². The van der Waals surface area contributed by atoms with Gasteiger partial charge in [-0.15, -0.1) is 11.3 Å². The van der Waals surface area contributed by atoms with Gasteiger partial charge in [0, 0.05) is 29.9 Å². The largest absolute Gasteiger partial charge is 0.444 e. The number of hydrogen-bond donors (Lipinski definition) is 3. The molecule has 0 spiro atoms. The van der Waals surface area contributed by atoms with E-state index in [0.29, 0.717) is 23.5 Å². The van der Waals surface area contributed by atoms with E-state index in [1.54, 1.807) is 37.8 Å². The first-order valence-electron chi connectivity index (χ1n) is 9.72. The van der Waals surface area contributed by atoms with Gasteiger partial charge in [-0.3, -0.25) is 4.79 Å². The summed E-state index contributed by atoms with van der Waals surface area (Å²) in [5, 5.41) is 4.44. The van der Waals surface area contributed by atoms with Gasteiger partial charge in [-0.25, -0.2) is 4.79 Å². The van der Waals surface area contributed by atoms with Crippen molar-refractivity contribution in [2.24, 2.45) is 5.73 Å². The van der Waals surface area contributed by atoms with Crippen LogP contribution in [0, 0.1) is 11.8 Å². The van der Waals surface area contributed by atoms with Crippen molar-refractivity contribution in [2.75, 3.05) is 25.4 Å². The molecule has 0 fully saturated rings. The number of anilines is 1. The van der Waals surface area contributed by atoms with Gasteiger partial charge >= 0.3 is 6.09 Å². The van der Waals surface area contributed by atoms with Gasteiger partial charge in [0.2, 0.25) is 0 Å². The predicted molar refractivity (Wildman–Crippen MR) is 124 cm³/mol. The number of nitrogen functional groups attached to an aromatic ring is 1. The van der Waals surface area contributed by atoms with Gasteiger partial charge in [-0.05, 0) is 44.7 Å². The van der Waals surface area contributed by atoms with E-state index >= 15 is 0 Å². The molecule has 0 aliphatic rings. The lowest BCUT2D eigenvalue weighted by atomic mass is 10.1. The SMILES string of the molecule is C=C(N)C/C(=C\c1sccc1N)C(=O)N(CC#CCNC(=O)OC(C)(C)C)CCC. The zero-order valence-electron chi connectivity index (χ0n) is 18.2. The molecule has 7 nitrogen and oxygen atoms in total. The quantitative estimate of drug-likeness (QED) is 0.431. The van der Waals surface area contributed by atoms with Gasteiger partial charge in [0.25, 0.3) is 5.91 Å². The lowest BCUT2D eigenvalue weighted by molar-refractivity contribution is -0.126. The number of ether oxygens (including phenoxy) is 1. The van der Waals surface area contributed by atoms with E-state index in [9.17, 15) is 9.59 Å². The molecule has 8 heteroatoms. The van der Waals surface area contributed by atoms with Crippen LogP contribution in [0.3, 0.4) is 0 Å². The number of rotatable bonds is 8. The van der Waals surface area contributed by atoms with Crippen molar-refractivity contribution in [1.29, 1.82) is 0 Å². The molecule has 0 saturated carbocycles. The normalized spacial score (nSPS) is 11.3. The first kappa shape index (κ1) is 25.1. The Kier molecular flexibility index (Phi) is 9.99. The van der Waals surface area contributed by atoms with Crippen LogP contribution in [0.2, 0.25) is 0 Å². The first-order valence-corrected chi connectivity index (χ1v) is 10.6. The fraction of sp³-hybridized carbons (Fsp3) is 0.455. The third-order valence-electron chi connectivity index (χ3n) is 3.62. The molecule has 1 aromatic heterocycles. The third-order valence-corrected chi connectivity index (χ3v) is 4.50. The number of nitrogens with zero attached hydrogens (tertiary/aromatic N) is 1. The van der Waals surface area contributed by atoms with Crippen LogP contribution >= 0.6 is 11.3 Å². The van der Waals surface area contributed by atoms with E-state index in [1.165, 1.54) is 11.3 Å². The number of alkyl carbamates (subject to hydrolysis) is 1. The molecule has 0 saturated heterocycles. The second kappa shape index (κ2) is 11.9. The Bertz CT molecular complexity index is 841. The Balaban J connectivity index is 2.83. The van der Waals surface area contributed by atoms with Gasteiger partial charge in [0.15, 0.2) is 0 Å².